The van der Waals surface area contributed by atoms with Crippen molar-refractivity contribution in [3.63, 3.8) is 0 Å². The second kappa shape index (κ2) is 10.7. The highest BCUT2D eigenvalue weighted by Gasteiger charge is 2.25. The SMILES string of the molecule is O=C(O)C(=O)O.O=[N+]([O-])c1cccc(CN2CCC(N3CCCCC3)CC2)c1. The van der Waals surface area contributed by atoms with Crippen molar-refractivity contribution in [2.24, 2.45) is 0 Å². The molecule has 2 saturated heterocycles. The molecule has 28 heavy (non-hydrogen) atoms. The van der Waals surface area contributed by atoms with E-state index in [4.69, 9.17) is 19.8 Å². The molecule has 0 aromatic heterocycles. The molecule has 9 nitrogen and oxygen atoms in total. The van der Waals surface area contributed by atoms with Crippen molar-refractivity contribution in [2.45, 2.75) is 44.7 Å². The number of likely N-dealkylation sites (tertiary alicyclic amines) is 2. The number of aliphatic carboxylic acids is 2. The molecular formula is C19H27N3O6. The first-order valence-electron chi connectivity index (χ1n) is 9.52. The molecule has 0 unspecified atom stereocenters. The van der Waals surface area contributed by atoms with Crippen LogP contribution in [-0.4, -0.2) is 69.1 Å². The number of carbonyl (C=O) groups is 2. The molecule has 0 bridgehead atoms. The van der Waals surface area contributed by atoms with Crippen LogP contribution in [0.15, 0.2) is 24.3 Å². The molecular weight excluding hydrogens is 366 g/mol. The van der Waals surface area contributed by atoms with Gasteiger partial charge in [0.2, 0.25) is 0 Å². The predicted molar refractivity (Wildman–Crippen MR) is 102 cm³/mol. The number of carboxylic acid groups (broad SMARTS) is 2. The highest BCUT2D eigenvalue weighted by atomic mass is 16.6. The maximum atomic E-state index is 10.8. The Morgan fingerprint density at radius 1 is 1.04 bits per heavy atom. The van der Waals surface area contributed by atoms with Gasteiger partial charge >= 0.3 is 11.9 Å². The minimum Gasteiger partial charge on any atom is -0.473 e. The van der Waals surface area contributed by atoms with Gasteiger partial charge in [-0.05, 0) is 57.4 Å². The normalized spacial score (nSPS) is 18.7. The summed E-state index contributed by atoms with van der Waals surface area (Å²) in [4.78, 5) is 33.8. The number of benzene rings is 1. The summed E-state index contributed by atoms with van der Waals surface area (Å²) < 4.78 is 0. The maximum absolute atomic E-state index is 10.8. The first kappa shape index (κ1) is 21.8. The van der Waals surface area contributed by atoms with E-state index < -0.39 is 11.9 Å². The lowest BCUT2D eigenvalue weighted by atomic mass is 9.99. The summed E-state index contributed by atoms with van der Waals surface area (Å²) in [6.07, 6.45) is 6.56. The topological polar surface area (TPSA) is 124 Å². The van der Waals surface area contributed by atoms with Gasteiger partial charge in [-0.15, -0.1) is 0 Å². The highest BCUT2D eigenvalue weighted by Crippen LogP contribution is 2.22. The molecule has 2 N–H and O–H groups in total. The fourth-order valence-corrected chi connectivity index (χ4v) is 3.75. The van der Waals surface area contributed by atoms with Crippen LogP contribution in [0.25, 0.3) is 0 Å². The van der Waals surface area contributed by atoms with E-state index in [1.54, 1.807) is 18.2 Å². The van der Waals surface area contributed by atoms with Crippen LogP contribution in [0.1, 0.15) is 37.7 Å². The number of nitro benzene ring substituents is 1. The third kappa shape index (κ3) is 6.90. The third-order valence-electron chi connectivity index (χ3n) is 5.17. The highest BCUT2D eigenvalue weighted by molar-refractivity contribution is 6.27. The van der Waals surface area contributed by atoms with Crippen LogP contribution in [0.2, 0.25) is 0 Å². The van der Waals surface area contributed by atoms with E-state index >= 15 is 0 Å². The first-order chi connectivity index (χ1) is 13.4. The lowest BCUT2D eigenvalue weighted by molar-refractivity contribution is -0.384. The number of rotatable bonds is 4. The van der Waals surface area contributed by atoms with Gasteiger partial charge < -0.3 is 15.1 Å². The molecule has 3 rings (SSSR count). The van der Waals surface area contributed by atoms with E-state index in [0.717, 1.165) is 31.2 Å². The zero-order valence-corrected chi connectivity index (χ0v) is 15.8. The molecule has 154 valence electrons. The minimum atomic E-state index is -1.82. The predicted octanol–water partition coefficient (Wildman–Crippen LogP) is 2.20. The summed E-state index contributed by atoms with van der Waals surface area (Å²) in [6.45, 7) is 5.58. The fourth-order valence-electron chi connectivity index (χ4n) is 3.75. The fraction of sp³-hybridized carbons (Fsp3) is 0.579. The van der Waals surface area contributed by atoms with Crippen molar-refractivity contribution in [3.8, 4) is 0 Å². The van der Waals surface area contributed by atoms with Crippen molar-refractivity contribution in [1.82, 2.24) is 9.80 Å². The lowest BCUT2D eigenvalue weighted by Gasteiger charge is -2.40. The summed E-state index contributed by atoms with van der Waals surface area (Å²) in [5.74, 6) is -3.65. The Hall–Kier alpha value is -2.52. The second-order valence-corrected chi connectivity index (χ2v) is 7.14. The van der Waals surface area contributed by atoms with Crippen LogP contribution in [0, 0.1) is 10.1 Å². The number of hydrogen-bond acceptors (Lipinski definition) is 6. The average molecular weight is 393 g/mol. The van der Waals surface area contributed by atoms with E-state index in [1.165, 1.54) is 45.2 Å². The summed E-state index contributed by atoms with van der Waals surface area (Å²) in [7, 11) is 0. The van der Waals surface area contributed by atoms with Gasteiger partial charge in [0.15, 0.2) is 0 Å². The van der Waals surface area contributed by atoms with Crippen LogP contribution in [0.5, 0.6) is 0 Å². The van der Waals surface area contributed by atoms with Crippen LogP contribution in [0.3, 0.4) is 0 Å². The number of carboxylic acids is 2. The molecule has 0 amide bonds. The van der Waals surface area contributed by atoms with Crippen LogP contribution >= 0.6 is 0 Å². The van der Waals surface area contributed by atoms with Gasteiger partial charge in [0.05, 0.1) is 4.92 Å². The van der Waals surface area contributed by atoms with E-state index in [-0.39, 0.29) is 10.6 Å². The Bertz CT molecular complexity index is 670. The van der Waals surface area contributed by atoms with Gasteiger partial charge in [-0.2, -0.15) is 0 Å². The zero-order chi connectivity index (χ0) is 20.5. The largest absolute Gasteiger partial charge is 0.473 e. The first-order valence-corrected chi connectivity index (χ1v) is 9.52. The van der Waals surface area contributed by atoms with Gasteiger partial charge in [-0.25, -0.2) is 9.59 Å². The second-order valence-electron chi connectivity index (χ2n) is 7.14. The molecule has 2 aliphatic heterocycles. The molecule has 2 heterocycles. The minimum absolute atomic E-state index is 0.195. The van der Waals surface area contributed by atoms with Gasteiger partial charge in [-0.1, -0.05) is 18.6 Å². The van der Waals surface area contributed by atoms with Gasteiger partial charge in [-0.3, -0.25) is 15.0 Å². The molecule has 1 aromatic rings. The Morgan fingerprint density at radius 3 is 2.18 bits per heavy atom. The smallest absolute Gasteiger partial charge is 0.414 e. The van der Waals surface area contributed by atoms with E-state index in [2.05, 4.69) is 9.80 Å². The lowest BCUT2D eigenvalue weighted by Crippen LogP contribution is -2.46. The molecule has 0 radical (unpaired) electrons. The van der Waals surface area contributed by atoms with Gasteiger partial charge in [0.25, 0.3) is 5.69 Å². The molecule has 2 fully saturated rings. The van der Waals surface area contributed by atoms with E-state index in [1.807, 2.05) is 6.07 Å². The molecule has 0 spiro atoms. The Morgan fingerprint density at radius 2 is 1.64 bits per heavy atom. The number of hydrogen-bond donors (Lipinski definition) is 2. The summed E-state index contributed by atoms with van der Waals surface area (Å²) >= 11 is 0. The van der Waals surface area contributed by atoms with Crippen molar-refractivity contribution >= 4 is 17.6 Å². The summed E-state index contributed by atoms with van der Waals surface area (Å²) in [6, 6.07) is 7.79. The molecule has 0 aliphatic carbocycles. The molecule has 2 aliphatic rings. The zero-order valence-electron chi connectivity index (χ0n) is 15.8. The van der Waals surface area contributed by atoms with Crippen LogP contribution in [-0.2, 0) is 16.1 Å². The standard InChI is InChI=1S/C17H25N3O2.C2H2O4/c21-20(22)17-6-4-5-15(13-17)14-18-11-7-16(8-12-18)19-9-2-1-3-10-19;3-1(4)2(5)6/h4-6,13,16H,1-3,7-12,14H2;(H,3,4)(H,5,6). The monoisotopic (exact) mass is 393 g/mol. The molecule has 1 aromatic carbocycles. The molecule has 9 heteroatoms. The van der Waals surface area contributed by atoms with Crippen LogP contribution in [0.4, 0.5) is 5.69 Å². The quantitative estimate of drug-likeness (QED) is 0.453. The molecule has 0 saturated carbocycles. The van der Waals surface area contributed by atoms with Crippen LogP contribution < -0.4 is 0 Å². The van der Waals surface area contributed by atoms with Crippen molar-refractivity contribution < 1.29 is 24.7 Å². The number of piperidine rings is 2. The van der Waals surface area contributed by atoms with Crippen molar-refractivity contribution in [2.75, 3.05) is 26.2 Å². The Kier molecular flexibility index (Phi) is 8.34. The van der Waals surface area contributed by atoms with Gasteiger partial charge in [0, 0.05) is 24.7 Å². The third-order valence-corrected chi connectivity index (χ3v) is 5.17. The summed E-state index contributed by atoms with van der Waals surface area (Å²) in [5.41, 5.74) is 1.24. The number of nitro groups is 1. The van der Waals surface area contributed by atoms with Gasteiger partial charge in [0.1, 0.15) is 0 Å². The van der Waals surface area contributed by atoms with E-state index in [0.29, 0.717) is 0 Å². The van der Waals surface area contributed by atoms with E-state index in [9.17, 15) is 10.1 Å². The maximum Gasteiger partial charge on any atom is 0.414 e. The Labute approximate surface area is 163 Å². The Balaban J connectivity index is 0.000000409. The summed E-state index contributed by atoms with van der Waals surface area (Å²) in [5, 5.41) is 25.6. The van der Waals surface area contributed by atoms with Crippen molar-refractivity contribution in [3.05, 3.63) is 39.9 Å². The van der Waals surface area contributed by atoms with Crippen molar-refractivity contribution in [1.29, 1.82) is 0 Å². The molecule has 0 atom stereocenters. The number of non-ortho nitro benzene ring substituents is 1. The number of nitrogens with zero attached hydrogens (tertiary/aromatic N) is 3. The average Bonchev–Trinajstić information content (AvgIpc) is 2.70.